The van der Waals surface area contributed by atoms with Crippen molar-refractivity contribution >= 4 is 5.91 Å². The van der Waals surface area contributed by atoms with Gasteiger partial charge in [0.15, 0.2) is 0 Å². The molecule has 0 aromatic carbocycles. The first-order valence-electron chi connectivity index (χ1n) is 6.50. The molecule has 4 heteroatoms. The number of aromatic nitrogens is 1. The van der Waals surface area contributed by atoms with Crippen molar-refractivity contribution in [2.45, 2.75) is 33.4 Å². The number of ether oxygens (including phenoxy) is 1. The van der Waals surface area contributed by atoms with Crippen molar-refractivity contribution < 1.29 is 9.53 Å². The summed E-state index contributed by atoms with van der Waals surface area (Å²) in [4.78, 5) is 14.1. The van der Waals surface area contributed by atoms with Crippen LogP contribution in [-0.2, 0) is 16.1 Å². The average Bonchev–Trinajstić information content (AvgIpc) is 2.70. The van der Waals surface area contributed by atoms with E-state index in [9.17, 15) is 4.79 Å². The SMILES string of the molecule is COCC(=O)N1CCn2c(C)ccc2C1C(C)C. The molecule has 2 heterocycles. The smallest absolute Gasteiger partial charge is 0.249 e. The molecular weight excluding hydrogens is 228 g/mol. The largest absolute Gasteiger partial charge is 0.375 e. The van der Waals surface area contributed by atoms with Gasteiger partial charge in [-0.2, -0.15) is 0 Å². The van der Waals surface area contributed by atoms with Gasteiger partial charge in [0, 0.05) is 31.6 Å². The van der Waals surface area contributed by atoms with Crippen LogP contribution in [0.1, 0.15) is 31.3 Å². The standard InChI is InChI=1S/C14H22N2O2/c1-10(2)14-12-6-5-11(3)15(12)7-8-16(14)13(17)9-18-4/h5-6,10,14H,7-9H2,1-4H3. The van der Waals surface area contributed by atoms with E-state index in [0.717, 1.165) is 13.1 Å². The van der Waals surface area contributed by atoms with Gasteiger partial charge in [0.05, 0.1) is 6.04 Å². The van der Waals surface area contributed by atoms with Gasteiger partial charge < -0.3 is 14.2 Å². The summed E-state index contributed by atoms with van der Waals surface area (Å²) in [6.07, 6.45) is 0. The molecule has 4 nitrogen and oxygen atoms in total. The minimum absolute atomic E-state index is 0.0845. The van der Waals surface area contributed by atoms with Crippen molar-refractivity contribution in [2.75, 3.05) is 20.3 Å². The van der Waals surface area contributed by atoms with Crippen LogP contribution in [-0.4, -0.2) is 35.6 Å². The van der Waals surface area contributed by atoms with Crippen molar-refractivity contribution in [3.63, 3.8) is 0 Å². The summed E-state index contributed by atoms with van der Waals surface area (Å²) in [5, 5.41) is 0. The lowest BCUT2D eigenvalue weighted by molar-refractivity contribution is -0.140. The van der Waals surface area contributed by atoms with Crippen LogP contribution in [0.15, 0.2) is 12.1 Å². The minimum Gasteiger partial charge on any atom is -0.375 e. The number of carbonyl (C=O) groups is 1. The molecule has 0 saturated heterocycles. The zero-order valence-electron chi connectivity index (χ0n) is 11.6. The molecule has 18 heavy (non-hydrogen) atoms. The van der Waals surface area contributed by atoms with Crippen molar-refractivity contribution in [3.05, 3.63) is 23.5 Å². The summed E-state index contributed by atoms with van der Waals surface area (Å²) in [6, 6.07) is 4.44. The molecule has 1 aliphatic rings. The summed E-state index contributed by atoms with van der Waals surface area (Å²) in [5.74, 6) is 0.487. The summed E-state index contributed by atoms with van der Waals surface area (Å²) >= 11 is 0. The van der Waals surface area contributed by atoms with Crippen LogP contribution < -0.4 is 0 Å². The van der Waals surface area contributed by atoms with Crippen LogP contribution in [0, 0.1) is 12.8 Å². The van der Waals surface area contributed by atoms with E-state index in [1.807, 2.05) is 4.90 Å². The molecule has 0 bridgehead atoms. The van der Waals surface area contributed by atoms with Gasteiger partial charge in [-0.05, 0) is 25.0 Å². The number of carbonyl (C=O) groups excluding carboxylic acids is 1. The first-order valence-corrected chi connectivity index (χ1v) is 6.50. The van der Waals surface area contributed by atoms with Crippen LogP contribution in [0.4, 0.5) is 0 Å². The van der Waals surface area contributed by atoms with Crippen LogP contribution in [0.5, 0.6) is 0 Å². The number of hydrogen-bond acceptors (Lipinski definition) is 2. The van der Waals surface area contributed by atoms with E-state index in [4.69, 9.17) is 4.74 Å². The van der Waals surface area contributed by atoms with Crippen molar-refractivity contribution in [2.24, 2.45) is 5.92 Å². The van der Waals surface area contributed by atoms with Gasteiger partial charge in [-0.3, -0.25) is 4.79 Å². The summed E-state index contributed by atoms with van der Waals surface area (Å²) in [7, 11) is 1.57. The Balaban J connectivity index is 2.32. The number of hydrogen-bond donors (Lipinski definition) is 0. The third-order valence-electron chi connectivity index (χ3n) is 3.66. The van der Waals surface area contributed by atoms with Gasteiger partial charge in [-0.15, -0.1) is 0 Å². The zero-order chi connectivity index (χ0) is 13.3. The summed E-state index contributed by atoms with van der Waals surface area (Å²) in [5.41, 5.74) is 2.52. The Hall–Kier alpha value is -1.29. The number of nitrogens with zero attached hydrogens (tertiary/aromatic N) is 2. The second-order valence-electron chi connectivity index (χ2n) is 5.26. The molecule has 1 aliphatic heterocycles. The van der Waals surface area contributed by atoms with E-state index in [2.05, 4.69) is 37.5 Å². The Morgan fingerprint density at radius 1 is 1.44 bits per heavy atom. The Morgan fingerprint density at radius 3 is 2.78 bits per heavy atom. The fraction of sp³-hybridized carbons (Fsp3) is 0.643. The van der Waals surface area contributed by atoms with E-state index in [0.29, 0.717) is 5.92 Å². The molecule has 0 fully saturated rings. The van der Waals surface area contributed by atoms with Crippen LogP contribution in [0.25, 0.3) is 0 Å². The predicted octanol–water partition coefficient (Wildman–Crippen LogP) is 1.98. The van der Waals surface area contributed by atoms with Gasteiger partial charge in [0.25, 0.3) is 0 Å². The van der Waals surface area contributed by atoms with Gasteiger partial charge in [0.1, 0.15) is 6.61 Å². The van der Waals surface area contributed by atoms with Gasteiger partial charge in [0.2, 0.25) is 5.91 Å². The summed E-state index contributed by atoms with van der Waals surface area (Å²) < 4.78 is 7.30. The first-order chi connectivity index (χ1) is 8.56. The molecule has 1 atom stereocenters. The third kappa shape index (κ3) is 2.17. The Kier molecular flexibility index (Phi) is 3.76. The Morgan fingerprint density at radius 2 is 2.17 bits per heavy atom. The fourth-order valence-electron chi connectivity index (χ4n) is 2.85. The maximum atomic E-state index is 12.1. The maximum absolute atomic E-state index is 12.1. The van der Waals surface area contributed by atoms with E-state index in [1.54, 1.807) is 7.11 Å². The summed E-state index contributed by atoms with van der Waals surface area (Å²) in [6.45, 7) is 8.27. The molecule has 0 aliphatic carbocycles. The molecule has 0 radical (unpaired) electrons. The molecule has 0 N–H and O–H groups in total. The predicted molar refractivity (Wildman–Crippen MR) is 70.3 cm³/mol. The van der Waals surface area contributed by atoms with E-state index in [1.165, 1.54) is 11.4 Å². The number of fused-ring (bicyclic) bond motifs is 1. The second-order valence-corrected chi connectivity index (χ2v) is 5.26. The quantitative estimate of drug-likeness (QED) is 0.822. The normalized spacial score (nSPS) is 19.2. The number of aryl methyl sites for hydroxylation is 1. The number of methoxy groups -OCH3 is 1. The molecule has 1 unspecified atom stereocenters. The maximum Gasteiger partial charge on any atom is 0.249 e. The second kappa shape index (κ2) is 5.14. The van der Waals surface area contributed by atoms with Crippen LogP contribution >= 0.6 is 0 Å². The molecule has 1 amide bonds. The van der Waals surface area contributed by atoms with Crippen LogP contribution in [0.2, 0.25) is 0 Å². The highest BCUT2D eigenvalue weighted by molar-refractivity contribution is 5.78. The highest BCUT2D eigenvalue weighted by atomic mass is 16.5. The third-order valence-corrected chi connectivity index (χ3v) is 3.66. The zero-order valence-corrected chi connectivity index (χ0v) is 11.6. The lowest BCUT2D eigenvalue weighted by Crippen LogP contribution is -2.45. The van der Waals surface area contributed by atoms with Gasteiger partial charge >= 0.3 is 0 Å². The Labute approximate surface area is 109 Å². The van der Waals surface area contributed by atoms with Crippen molar-refractivity contribution in [1.82, 2.24) is 9.47 Å². The van der Waals surface area contributed by atoms with Crippen molar-refractivity contribution in [1.29, 1.82) is 0 Å². The number of rotatable bonds is 3. The molecular formula is C14H22N2O2. The van der Waals surface area contributed by atoms with Crippen molar-refractivity contribution in [3.8, 4) is 0 Å². The average molecular weight is 250 g/mol. The van der Waals surface area contributed by atoms with Crippen LogP contribution in [0.3, 0.4) is 0 Å². The minimum atomic E-state index is 0.0845. The molecule has 100 valence electrons. The lowest BCUT2D eigenvalue weighted by Gasteiger charge is -2.39. The van der Waals surface area contributed by atoms with E-state index in [-0.39, 0.29) is 18.6 Å². The van der Waals surface area contributed by atoms with Gasteiger partial charge in [-0.25, -0.2) is 0 Å². The lowest BCUT2D eigenvalue weighted by atomic mass is 9.97. The first kappa shape index (κ1) is 13.1. The monoisotopic (exact) mass is 250 g/mol. The fourth-order valence-corrected chi connectivity index (χ4v) is 2.85. The molecule has 0 saturated carbocycles. The molecule has 1 aromatic heterocycles. The number of amides is 1. The van der Waals surface area contributed by atoms with E-state index < -0.39 is 0 Å². The highest BCUT2D eigenvalue weighted by Gasteiger charge is 2.33. The topological polar surface area (TPSA) is 34.5 Å². The highest BCUT2D eigenvalue weighted by Crippen LogP contribution is 2.33. The van der Waals surface area contributed by atoms with Gasteiger partial charge in [-0.1, -0.05) is 13.8 Å². The van der Waals surface area contributed by atoms with E-state index >= 15 is 0 Å². The molecule has 0 spiro atoms. The Bertz CT molecular complexity index is 437. The molecule has 2 rings (SSSR count). The molecule has 1 aromatic rings.